The Morgan fingerprint density at radius 1 is 1.40 bits per heavy atom. The van der Waals surface area contributed by atoms with E-state index in [0.29, 0.717) is 5.56 Å². The van der Waals surface area contributed by atoms with Gasteiger partial charge in [-0.25, -0.2) is 4.79 Å². The van der Waals surface area contributed by atoms with Gasteiger partial charge in [0.05, 0.1) is 0 Å². The van der Waals surface area contributed by atoms with Crippen LogP contribution in [0.5, 0.6) is 5.75 Å². The van der Waals surface area contributed by atoms with Gasteiger partial charge in [-0.1, -0.05) is 0 Å². The average Bonchev–Trinajstić information content (AvgIpc) is 2.39. The van der Waals surface area contributed by atoms with Crippen molar-refractivity contribution in [2.45, 2.75) is 6.92 Å². The van der Waals surface area contributed by atoms with Gasteiger partial charge in [0.15, 0.2) is 0 Å². The van der Waals surface area contributed by atoms with Crippen LogP contribution in [0, 0.1) is 6.92 Å². The van der Waals surface area contributed by atoms with Gasteiger partial charge in [0.1, 0.15) is 11.4 Å². The molecule has 0 spiro atoms. The minimum Gasteiger partial charge on any atom is -0.508 e. The molecule has 0 atom stereocenters. The first kappa shape index (κ1) is 9.58. The van der Waals surface area contributed by atoms with Crippen LogP contribution in [0.4, 0.5) is 0 Å². The van der Waals surface area contributed by atoms with E-state index in [1.807, 2.05) is 0 Å². The highest BCUT2D eigenvalue weighted by Crippen LogP contribution is 2.27. The van der Waals surface area contributed by atoms with Crippen LogP contribution in [-0.2, 0) is 7.05 Å². The molecule has 1 aromatic carbocycles. The molecular weight excluding hydrogens is 194 g/mol. The van der Waals surface area contributed by atoms with E-state index in [-0.39, 0.29) is 11.4 Å². The summed E-state index contributed by atoms with van der Waals surface area (Å²) in [5.41, 5.74) is 1.74. The van der Waals surface area contributed by atoms with E-state index in [9.17, 15) is 9.90 Å². The van der Waals surface area contributed by atoms with Crippen molar-refractivity contribution in [2.24, 2.45) is 7.05 Å². The highest BCUT2D eigenvalue weighted by atomic mass is 16.4. The fourth-order valence-electron chi connectivity index (χ4n) is 1.92. The van der Waals surface area contributed by atoms with E-state index >= 15 is 0 Å². The minimum absolute atomic E-state index is 0.146. The number of aryl methyl sites for hydroxylation is 2. The van der Waals surface area contributed by atoms with Crippen molar-refractivity contribution in [3.05, 3.63) is 29.5 Å². The number of rotatable bonds is 1. The Balaban J connectivity index is 2.91. The van der Waals surface area contributed by atoms with Crippen molar-refractivity contribution in [1.82, 2.24) is 4.57 Å². The number of phenolic OH excluding ortho intramolecular Hbond substituents is 1. The van der Waals surface area contributed by atoms with E-state index in [1.165, 1.54) is 0 Å². The summed E-state index contributed by atoms with van der Waals surface area (Å²) in [6, 6.07) is 4.84. The number of carboxylic acid groups (broad SMARTS) is 1. The first-order valence-electron chi connectivity index (χ1n) is 4.53. The van der Waals surface area contributed by atoms with Gasteiger partial charge < -0.3 is 14.8 Å². The minimum atomic E-state index is -0.953. The summed E-state index contributed by atoms with van der Waals surface area (Å²) < 4.78 is 1.62. The molecule has 2 rings (SSSR count). The van der Waals surface area contributed by atoms with Crippen LogP contribution in [0.3, 0.4) is 0 Å². The third-order valence-electron chi connectivity index (χ3n) is 2.64. The Bertz CT molecular complexity index is 554. The summed E-state index contributed by atoms with van der Waals surface area (Å²) >= 11 is 0. The maximum absolute atomic E-state index is 11.0. The Kier molecular flexibility index (Phi) is 1.93. The van der Waals surface area contributed by atoms with Crippen LogP contribution < -0.4 is 0 Å². The van der Waals surface area contributed by atoms with Crippen LogP contribution >= 0.6 is 0 Å². The Morgan fingerprint density at radius 2 is 2.07 bits per heavy atom. The maximum atomic E-state index is 11.0. The number of aromatic hydroxyl groups is 1. The van der Waals surface area contributed by atoms with Gasteiger partial charge in [-0.3, -0.25) is 0 Å². The quantitative estimate of drug-likeness (QED) is 0.747. The van der Waals surface area contributed by atoms with Crippen LogP contribution in [0.1, 0.15) is 16.1 Å². The SMILES string of the molecule is Cc1c(C(=O)O)n(C)c2ccc(O)cc12. The Morgan fingerprint density at radius 3 is 2.67 bits per heavy atom. The number of nitrogens with zero attached hydrogens (tertiary/aromatic N) is 1. The third-order valence-corrected chi connectivity index (χ3v) is 2.64. The van der Waals surface area contributed by atoms with Crippen LogP contribution in [0.15, 0.2) is 18.2 Å². The zero-order valence-electron chi connectivity index (χ0n) is 8.48. The molecule has 2 aromatic rings. The number of carbonyl (C=O) groups is 1. The average molecular weight is 205 g/mol. The monoisotopic (exact) mass is 205 g/mol. The van der Waals surface area contributed by atoms with Gasteiger partial charge in [0, 0.05) is 18.0 Å². The molecule has 78 valence electrons. The maximum Gasteiger partial charge on any atom is 0.352 e. The van der Waals surface area contributed by atoms with Gasteiger partial charge in [-0.05, 0) is 30.7 Å². The number of hydrogen-bond acceptors (Lipinski definition) is 2. The summed E-state index contributed by atoms with van der Waals surface area (Å²) in [5.74, 6) is -0.807. The van der Waals surface area contributed by atoms with Crippen molar-refractivity contribution >= 4 is 16.9 Å². The molecule has 0 saturated carbocycles. The van der Waals surface area contributed by atoms with E-state index in [1.54, 1.807) is 36.7 Å². The molecule has 4 nitrogen and oxygen atoms in total. The molecule has 0 radical (unpaired) electrons. The molecule has 1 heterocycles. The van der Waals surface area contributed by atoms with E-state index in [0.717, 1.165) is 10.9 Å². The number of benzene rings is 1. The van der Waals surface area contributed by atoms with Gasteiger partial charge in [-0.15, -0.1) is 0 Å². The van der Waals surface area contributed by atoms with Crippen molar-refractivity contribution in [2.75, 3.05) is 0 Å². The van der Waals surface area contributed by atoms with Gasteiger partial charge in [0.2, 0.25) is 0 Å². The normalized spacial score (nSPS) is 10.8. The smallest absolute Gasteiger partial charge is 0.352 e. The lowest BCUT2D eigenvalue weighted by Crippen LogP contribution is -2.05. The molecule has 0 fully saturated rings. The summed E-state index contributed by atoms with van der Waals surface area (Å²) in [5, 5.41) is 19.1. The molecule has 0 aliphatic rings. The molecule has 1 aromatic heterocycles. The molecule has 2 N–H and O–H groups in total. The van der Waals surface area contributed by atoms with Crippen molar-refractivity contribution in [3.8, 4) is 5.75 Å². The topological polar surface area (TPSA) is 62.5 Å². The summed E-state index contributed by atoms with van der Waals surface area (Å²) in [6.07, 6.45) is 0. The predicted molar refractivity (Wildman–Crippen MR) is 56.3 cm³/mol. The lowest BCUT2D eigenvalue weighted by atomic mass is 10.1. The molecule has 0 aliphatic heterocycles. The lowest BCUT2D eigenvalue weighted by Gasteiger charge is -1.98. The fourth-order valence-corrected chi connectivity index (χ4v) is 1.92. The first-order chi connectivity index (χ1) is 7.02. The van der Waals surface area contributed by atoms with Crippen LogP contribution in [0.25, 0.3) is 10.9 Å². The fraction of sp³-hybridized carbons (Fsp3) is 0.182. The molecule has 15 heavy (non-hydrogen) atoms. The Hall–Kier alpha value is -1.97. The van der Waals surface area contributed by atoms with Gasteiger partial charge >= 0.3 is 5.97 Å². The zero-order chi connectivity index (χ0) is 11.2. The Labute approximate surface area is 86.4 Å². The van der Waals surface area contributed by atoms with Crippen molar-refractivity contribution in [1.29, 1.82) is 0 Å². The molecule has 0 unspecified atom stereocenters. The van der Waals surface area contributed by atoms with Crippen molar-refractivity contribution in [3.63, 3.8) is 0 Å². The van der Waals surface area contributed by atoms with E-state index < -0.39 is 5.97 Å². The number of fused-ring (bicyclic) bond motifs is 1. The third kappa shape index (κ3) is 1.26. The second kappa shape index (κ2) is 3.02. The molecule has 0 saturated heterocycles. The van der Waals surface area contributed by atoms with Crippen LogP contribution in [0.2, 0.25) is 0 Å². The van der Waals surface area contributed by atoms with Crippen LogP contribution in [-0.4, -0.2) is 20.7 Å². The number of hydrogen-bond donors (Lipinski definition) is 2. The second-order valence-corrected chi connectivity index (χ2v) is 3.54. The van der Waals surface area contributed by atoms with Gasteiger partial charge in [0.25, 0.3) is 0 Å². The first-order valence-corrected chi connectivity index (χ1v) is 4.53. The summed E-state index contributed by atoms with van der Waals surface area (Å²) in [4.78, 5) is 11.0. The van der Waals surface area contributed by atoms with Crippen molar-refractivity contribution < 1.29 is 15.0 Å². The van der Waals surface area contributed by atoms with E-state index in [4.69, 9.17) is 5.11 Å². The number of aromatic carboxylic acids is 1. The summed E-state index contributed by atoms with van der Waals surface area (Å²) in [6.45, 7) is 1.74. The van der Waals surface area contributed by atoms with Gasteiger partial charge in [-0.2, -0.15) is 0 Å². The molecule has 4 heteroatoms. The molecule has 0 aliphatic carbocycles. The lowest BCUT2D eigenvalue weighted by molar-refractivity contribution is 0.0686. The number of aromatic nitrogens is 1. The standard InChI is InChI=1S/C11H11NO3/c1-6-8-5-7(13)3-4-9(8)12(2)10(6)11(14)15/h3-5,13H,1-2H3,(H,14,15). The number of phenols is 1. The largest absolute Gasteiger partial charge is 0.508 e. The summed E-state index contributed by atoms with van der Waals surface area (Å²) in [7, 11) is 1.70. The molecule has 0 bridgehead atoms. The highest BCUT2D eigenvalue weighted by molar-refractivity contribution is 5.98. The predicted octanol–water partition coefficient (Wildman–Crippen LogP) is 1.89. The number of carboxylic acids is 1. The molecule has 0 amide bonds. The zero-order valence-corrected chi connectivity index (χ0v) is 8.48. The highest BCUT2D eigenvalue weighted by Gasteiger charge is 2.17. The van der Waals surface area contributed by atoms with E-state index in [2.05, 4.69) is 0 Å². The molecular formula is C11H11NO3. The second-order valence-electron chi connectivity index (χ2n) is 3.54.